The lowest BCUT2D eigenvalue weighted by Crippen LogP contribution is -2.28. The highest BCUT2D eigenvalue weighted by molar-refractivity contribution is 7.89. The van der Waals surface area contributed by atoms with Crippen LogP contribution in [0.1, 0.15) is 5.56 Å². The van der Waals surface area contributed by atoms with Crippen molar-refractivity contribution in [3.05, 3.63) is 29.8 Å². The third-order valence-corrected chi connectivity index (χ3v) is 3.51. The summed E-state index contributed by atoms with van der Waals surface area (Å²) < 4.78 is 48.8. The van der Waals surface area contributed by atoms with E-state index >= 15 is 0 Å². The van der Waals surface area contributed by atoms with E-state index in [4.69, 9.17) is 18.0 Å². The molecule has 0 unspecified atom stereocenters. The van der Waals surface area contributed by atoms with E-state index in [0.717, 1.165) is 0 Å². The van der Waals surface area contributed by atoms with Gasteiger partial charge in [0.25, 0.3) is 6.43 Å². The molecule has 0 saturated heterocycles. The fraction of sp³-hybridized carbons (Fsp3) is 0.222. The SMILES string of the molecule is NC(=S)c1cccc(S(=O)(=O)NCC(F)F)c1. The minimum atomic E-state index is -3.96. The number of thiocarbonyl (C=S) groups is 1. The molecule has 0 aliphatic heterocycles. The summed E-state index contributed by atoms with van der Waals surface area (Å²) in [6.07, 6.45) is -2.75. The number of halogens is 2. The molecule has 0 aromatic heterocycles. The number of nitrogens with one attached hydrogen (secondary N) is 1. The normalized spacial score (nSPS) is 11.7. The van der Waals surface area contributed by atoms with Crippen LogP contribution in [0.25, 0.3) is 0 Å². The fourth-order valence-corrected chi connectivity index (χ4v) is 2.25. The van der Waals surface area contributed by atoms with Gasteiger partial charge >= 0.3 is 0 Å². The summed E-state index contributed by atoms with van der Waals surface area (Å²) in [7, 11) is -3.96. The molecule has 0 saturated carbocycles. The molecule has 0 bridgehead atoms. The first-order valence-electron chi connectivity index (χ1n) is 4.50. The summed E-state index contributed by atoms with van der Waals surface area (Å²) in [4.78, 5) is -0.112. The minimum Gasteiger partial charge on any atom is -0.389 e. The Kier molecular flexibility index (Phi) is 4.49. The zero-order valence-electron chi connectivity index (χ0n) is 8.56. The van der Waals surface area contributed by atoms with Crippen molar-refractivity contribution >= 4 is 27.2 Å². The van der Waals surface area contributed by atoms with Crippen molar-refractivity contribution < 1.29 is 17.2 Å². The van der Waals surface area contributed by atoms with Gasteiger partial charge < -0.3 is 5.73 Å². The molecule has 17 heavy (non-hydrogen) atoms. The van der Waals surface area contributed by atoms with Crippen molar-refractivity contribution in [2.75, 3.05) is 6.54 Å². The highest BCUT2D eigenvalue weighted by Gasteiger charge is 2.16. The molecule has 94 valence electrons. The Hall–Kier alpha value is -1.12. The van der Waals surface area contributed by atoms with E-state index in [2.05, 4.69) is 0 Å². The maximum atomic E-state index is 11.9. The van der Waals surface area contributed by atoms with Crippen LogP contribution in [0.2, 0.25) is 0 Å². The molecule has 8 heteroatoms. The molecular formula is C9H10F2N2O2S2. The predicted octanol–water partition coefficient (Wildman–Crippen LogP) is 0.864. The van der Waals surface area contributed by atoms with E-state index in [1.807, 2.05) is 0 Å². The van der Waals surface area contributed by atoms with Gasteiger partial charge in [-0.25, -0.2) is 21.9 Å². The highest BCUT2D eigenvalue weighted by Crippen LogP contribution is 2.11. The molecule has 0 atom stereocenters. The predicted molar refractivity (Wildman–Crippen MR) is 63.5 cm³/mol. The molecular weight excluding hydrogens is 270 g/mol. The zero-order valence-corrected chi connectivity index (χ0v) is 10.2. The van der Waals surface area contributed by atoms with Gasteiger partial charge in [0.1, 0.15) is 4.99 Å². The lowest BCUT2D eigenvalue weighted by Gasteiger charge is -2.07. The number of sulfonamides is 1. The van der Waals surface area contributed by atoms with E-state index < -0.39 is 23.0 Å². The van der Waals surface area contributed by atoms with Gasteiger partial charge in [-0.1, -0.05) is 24.4 Å². The number of hydrogen-bond acceptors (Lipinski definition) is 3. The largest absolute Gasteiger partial charge is 0.389 e. The van der Waals surface area contributed by atoms with Crippen molar-refractivity contribution in [2.45, 2.75) is 11.3 Å². The lowest BCUT2D eigenvalue weighted by atomic mass is 10.2. The highest BCUT2D eigenvalue weighted by atomic mass is 32.2. The Bertz CT molecular complexity index is 517. The van der Waals surface area contributed by atoms with E-state index in [0.29, 0.717) is 5.56 Å². The Morgan fingerprint density at radius 1 is 1.47 bits per heavy atom. The molecule has 1 rings (SSSR count). The Balaban J connectivity index is 2.99. The molecule has 0 spiro atoms. The zero-order chi connectivity index (χ0) is 13.1. The first-order chi connectivity index (χ1) is 7.83. The van der Waals surface area contributed by atoms with E-state index in [1.165, 1.54) is 24.3 Å². The summed E-state index contributed by atoms with van der Waals surface area (Å²) >= 11 is 4.69. The molecule has 3 N–H and O–H groups in total. The molecule has 0 aliphatic carbocycles. The van der Waals surface area contributed by atoms with Crippen LogP contribution in [0.15, 0.2) is 29.2 Å². The topological polar surface area (TPSA) is 72.2 Å². The smallest absolute Gasteiger partial charge is 0.251 e. The van der Waals surface area contributed by atoms with Gasteiger partial charge in [-0.3, -0.25) is 0 Å². The standard InChI is InChI=1S/C9H10F2N2O2S2/c10-8(11)5-13-17(14,15)7-3-1-2-6(4-7)9(12)16/h1-4,8,13H,5H2,(H2,12,16). The first kappa shape index (κ1) is 13.9. The molecule has 0 heterocycles. The maximum absolute atomic E-state index is 11.9. The second kappa shape index (κ2) is 5.48. The number of benzene rings is 1. The molecule has 1 aromatic carbocycles. The van der Waals surface area contributed by atoms with Crippen molar-refractivity contribution in [3.8, 4) is 0 Å². The quantitative estimate of drug-likeness (QED) is 0.785. The second-order valence-electron chi connectivity index (χ2n) is 3.14. The number of alkyl halides is 2. The van der Waals surface area contributed by atoms with Crippen LogP contribution in [-0.4, -0.2) is 26.4 Å². The molecule has 4 nitrogen and oxygen atoms in total. The number of nitrogens with two attached hydrogens (primary N) is 1. The van der Waals surface area contributed by atoms with Crippen LogP contribution in [0.5, 0.6) is 0 Å². The van der Waals surface area contributed by atoms with E-state index in [9.17, 15) is 17.2 Å². The second-order valence-corrected chi connectivity index (χ2v) is 5.34. The van der Waals surface area contributed by atoms with Gasteiger partial charge in [-0.2, -0.15) is 0 Å². The minimum absolute atomic E-state index is 0.0379. The molecule has 0 aliphatic rings. The molecule has 1 aromatic rings. The van der Waals surface area contributed by atoms with Crippen LogP contribution >= 0.6 is 12.2 Å². The maximum Gasteiger partial charge on any atom is 0.251 e. The summed E-state index contributed by atoms with van der Waals surface area (Å²) in [5.41, 5.74) is 5.71. The van der Waals surface area contributed by atoms with E-state index in [-0.39, 0.29) is 9.88 Å². The number of hydrogen-bond donors (Lipinski definition) is 2. The van der Waals surface area contributed by atoms with Crippen LogP contribution in [0.4, 0.5) is 8.78 Å². The van der Waals surface area contributed by atoms with Crippen LogP contribution in [0, 0.1) is 0 Å². The average Bonchev–Trinajstić information content (AvgIpc) is 2.27. The Morgan fingerprint density at radius 3 is 2.65 bits per heavy atom. The molecule has 0 fully saturated rings. The van der Waals surface area contributed by atoms with Crippen LogP contribution in [-0.2, 0) is 10.0 Å². The number of rotatable bonds is 5. The van der Waals surface area contributed by atoms with Crippen LogP contribution < -0.4 is 10.5 Å². The average molecular weight is 280 g/mol. The van der Waals surface area contributed by atoms with Crippen molar-refractivity contribution in [1.82, 2.24) is 4.72 Å². The van der Waals surface area contributed by atoms with Gasteiger partial charge in [0.2, 0.25) is 10.0 Å². The molecule has 0 radical (unpaired) electrons. The van der Waals surface area contributed by atoms with Crippen molar-refractivity contribution in [2.24, 2.45) is 5.73 Å². The summed E-state index contributed by atoms with van der Waals surface area (Å²) in [6.45, 7) is -0.931. The molecule has 0 amide bonds. The summed E-state index contributed by atoms with van der Waals surface area (Å²) in [6, 6.07) is 5.48. The third kappa shape index (κ3) is 3.99. The van der Waals surface area contributed by atoms with E-state index in [1.54, 1.807) is 4.72 Å². The fourth-order valence-electron chi connectivity index (χ4n) is 1.07. The monoisotopic (exact) mass is 280 g/mol. The lowest BCUT2D eigenvalue weighted by molar-refractivity contribution is 0.153. The Labute approximate surface area is 103 Å². The Morgan fingerprint density at radius 2 is 2.12 bits per heavy atom. The summed E-state index contributed by atoms with van der Waals surface area (Å²) in [5.74, 6) is 0. The third-order valence-electron chi connectivity index (χ3n) is 1.86. The van der Waals surface area contributed by atoms with Crippen molar-refractivity contribution in [3.63, 3.8) is 0 Å². The van der Waals surface area contributed by atoms with Gasteiger partial charge in [-0.15, -0.1) is 0 Å². The first-order valence-corrected chi connectivity index (χ1v) is 6.40. The van der Waals surface area contributed by atoms with Gasteiger partial charge in [0.05, 0.1) is 11.4 Å². The summed E-state index contributed by atoms with van der Waals surface area (Å²) in [5, 5.41) is 0. The van der Waals surface area contributed by atoms with Gasteiger partial charge in [-0.05, 0) is 12.1 Å². The van der Waals surface area contributed by atoms with Gasteiger partial charge in [0.15, 0.2) is 0 Å². The van der Waals surface area contributed by atoms with Crippen molar-refractivity contribution in [1.29, 1.82) is 0 Å². The van der Waals surface area contributed by atoms with Gasteiger partial charge in [0, 0.05) is 5.56 Å². The van der Waals surface area contributed by atoms with Crippen LogP contribution in [0.3, 0.4) is 0 Å².